The summed E-state index contributed by atoms with van der Waals surface area (Å²) in [6.45, 7) is 4.97. The average molecular weight is 211 g/mol. The molecule has 0 aliphatic heterocycles. The third kappa shape index (κ3) is 3.33. The molecule has 0 saturated carbocycles. The van der Waals surface area contributed by atoms with Crippen molar-refractivity contribution in [2.45, 2.75) is 31.6 Å². The fraction of sp³-hybridized carbons (Fsp3) is 0.455. The van der Waals surface area contributed by atoms with Gasteiger partial charge >= 0.3 is 0 Å². The Morgan fingerprint density at radius 3 is 2.36 bits per heavy atom. The number of hydrogen-bond donors (Lipinski definition) is 1. The highest BCUT2D eigenvalue weighted by Gasteiger charge is 2.08. The first-order valence-corrected chi connectivity index (χ1v) is 6.17. The van der Waals surface area contributed by atoms with Gasteiger partial charge in [-0.3, -0.25) is 0 Å². The average Bonchev–Trinajstić information content (AvgIpc) is 2.26. The molecule has 0 aromatic heterocycles. The third-order valence-electron chi connectivity index (χ3n) is 2.03. The third-order valence-corrected chi connectivity index (χ3v) is 3.20. The van der Waals surface area contributed by atoms with Crippen LogP contribution in [0.25, 0.3) is 0 Å². The minimum absolute atomic E-state index is 0.794. The number of nitrogens with one attached hydrogen (secondary N) is 1. The van der Waals surface area contributed by atoms with E-state index in [1.807, 2.05) is 24.3 Å². The van der Waals surface area contributed by atoms with Gasteiger partial charge in [-0.15, -0.1) is 4.72 Å². The van der Waals surface area contributed by atoms with Crippen LogP contribution in [0.5, 0.6) is 0 Å². The lowest BCUT2D eigenvalue weighted by molar-refractivity contribution is 0.580. The van der Waals surface area contributed by atoms with E-state index in [2.05, 4.69) is 18.6 Å². The predicted molar refractivity (Wildman–Crippen MR) is 60.5 cm³/mol. The predicted octanol–water partition coefficient (Wildman–Crippen LogP) is 2.27. The maximum absolute atomic E-state index is 11.6. The van der Waals surface area contributed by atoms with Crippen molar-refractivity contribution in [2.24, 2.45) is 0 Å². The molecule has 1 aromatic rings. The van der Waals surface area contributed by atoms with Crippen LogP contribution in [0, 0.1) is 0 Å². The van der Waals surface area contributed by atoms with Crippen molar-refractivity contribution < 1.29 is 4.55 Å². The normalized spacial score (nSPS) is 12.8. The zero-order valence-corrected chi connectivity index (χ0v) is 9.56. The zero-order valence-electron chi connectivity index (χ0n) is 8.75. The molecule has 2 nitrogen and oxygen atoms in total. The van der Waals surface area contributed by atoms with E-state index in [-0.39, 0.29) is 0 Å². The molecule has 14 heavy (non-hydrogen) atoms. The second-order valence-electron chi connectivity index (χ2n) is 3.16. The molecule has 0 heterocycles. The van der Waals surface area contributed by atoms with E-state index in [0.717, 1.165) is 24.3 Å². The van der Waals surface area contributed by atoms with Crippen molar-refractivity contribution in [3.05, 3.63) is 29.8 Å². The first-order valence-electron chi connectivity index (χ1n) is 5.02. The Labute approximate surface area is 89.0 Å². The Hall–Kier alpha value is -0.510. The van der Waals surface area contributed by atoms with Gasteiger partial charge in [-0.2, -0.15) is 0 Å². The van der Waals surface area contributed by atoms with Crippen molar-refractivity contribution in [3.63, 3.8) is 0 Å². The Morgan fingerprint density at radius 2 is 1.86 bits per heavy atom. The number of hydrogen-bond acceptors (Lipinski definition) is 2. The summed E-state index contributed by atoms with van der Waals surface area (Å²) < 4.78 is 14.6. The molecule has 0 saturated heterocycles. The Morgan fingerprint density at radius 1 is 1.21 bits per heavy atom. The van der Waals surface area contributed by atoms with Gasteiger partial charge in [0.1, 0.15) is 0 Å². The monoisotopic (exact) mass is 211 g/mol. The van der Waals surface area contributed by atoms with Crippen LogP contribution in [-0.4, -0.2) is 11.1 Å². The summed E-state index contributed by atoms with van der Waals surface area (Å²) in [7, 11) is 0. The lowest BCUT2D eigenvalue weighted by Gasteiger charge is -2.09. The number of benzene rings is 1. The van der Waals surface area contributed by atoms with Crippen molar-refractivity contribution in [2.75, 3.05) is 6.54 Å². The van der Waals surface area contributed by atoms with E-state index < -0.39 is 11.4 Å². The summed E-state index contributed by atoms with van der Waals surface area (Å²) in [5.74, 6) is 0. The summed E-state index contributed by atoms with van der Waals surface area (Å²) in [4.78, 5) is 0.857. The van der Waals surface area contributed by atoms with E-state index in [1.165, 1.54) is 5.56 Å². The van der Waals surface area contributed by atoms with E-state index in [1.54, 1.807) is 0 Å². The molecular formula is C11H17NOS. The smallest absolute Gasteiger partial charge is 0.173 e. The van der Waals surface area contributed by atoms with Gasteiger partial charge in [-0.05, 0) is 30.5 Å². The molecule has 0 bridgehead atoms. The molecule has 0 aliphatic rings. The quantitative estimate of drug-likeness (QED) is 0.758. The molecule has 1 atom stereocenters. The SMILES string of the molecule is CCCN[S+]([O-])c1ccc(CC)cc1. The lowest BCUT2D eigenvalue weighted by atomic mass is 10.2. The van der Waals surface area contributed by atoms with Crippen molar-refractivity contribution >= 4 is 11.4 Å². The highest BCUT2D eigenvalue weighted by molar-refractivity contribution is 7.89. The van der Waals surface area contributed by atoms with Crippen molar-refractivity contribution in [1.82, 2.24) is 4.72 Å². The van der Waals surface area contributed by atoms with Crippen LogP contribution in [0.1, 0.15) is 25.8 Å². The van der Waals surface area contributed by atoms with Crippen molar-refractivity contribution in [1.29, 1.82) is 0 Å². The van der Waals surface area contributed by atoms with Gasteiger partial charge in [0.05, 0.1) is 11.4 Å². The molecule has 1 aromatic carbocycles. The summed E-state index contributed by atoms with van der Waals surface area (Å²) in [6.07, 6.45) is 2.02. The second-order valence-corrected chi connectivity index (χ2v) is 4.46. The highest BCUT2D eigenvalue weighted by Crippen LogP contribution is 2.10. The van der Waals surface area contributed by atoms with Gasteiger partial charge < -0.3 is 4.55 Å². The molecule has 1 N–H and O–H groups in total. The van der Waals surface area contributed by atoms with Gasteiger partial charge in [-0.1, -0.05) is 26.0 Å². The van der Waals surface area contributed by atoms with E-state index in [9.17, 15) is 4.55 Å². The van der Waals surface area contributed by atoms with Crippen LogP contribution in [0.15, 0.2) is 29.2 Å². The molecule has 0 radical (unpaired) electrons. The van der Waals surface area contributed by atoms with Crippen molar-refractivity contribution in [3.8, 4) is 0 Å². The standard InChI is InChI=1S/C11H17NOS/c1-3-9-12-14(13)11-7-5-10(4-2)6-8-11/h5-8,12H,3-4,9H2,1-2H3. The summed E-state index contributed by atoms with van der Waals surface area (Å²) in [6, 6.07) is 7.91. The Kier molecular flexibility index (Phi) is 5.01. The molecule has 1 rings (SSSR count). The van der Waals surface area contributed by atoms with Crippen LogP contribution in [0.3, 0.4) is 0 Å². The summed E-state index contributed by atoms with van der Waals surface area (Å²) >= 11 is -1.04. The first-order chi connectivity index (χ1) is 6.77. The molecule has 3 heteroatoms. The highest BCUT2D eigenvalue weighted by atomic mass is 32.2. The zero-order chi connectivity index (χ0) is 10.4. The number of aryl methyl sites for hydroxylation is 1. The van der Waals surface area contributed by atoms with E-state index in [4.69, 9.17) is 0 Å². The van der Waals surface area contributed by atoms with Gasteiger partial charge in [0.15, 0.2) is 4.90 Å². The fourth-order valence-electron chi connectivity index (χ4n) is 1.13. The second kappa shape index (κ2) is 6.06. The minimum atomic E-state index is -1.04. The Balaban J connectivity index is 2.57. The fourth-order valence-corrected chi connectivity index (χ4v) is 2.07. The van der Waals surface area contributed by atoms with Crippen LogP contribution in [-0.2, 0) is 17.8 Å². The number of rotatable bonds is 5. The van der Waals surface area contributed by atoms with E-state index >= 15 is 0 Å². The van der Waals surface area contributed by atoms with Gasteiger partial charge in [0.2, 0.25) is 0 Å². The molecule has 78 valence electrons. The first kappa shape index (κ1) is 11.6. The topological polar surface area (TPSA) is 35.1 Å². The van der Waals surface area contributed by atoms with Gasteiger partial charge in [0.25, 0.3) is 0 Å². The Bertz CT molecular complexity index is 260. The molecule has 0 aliphatic carbocycles. The largest absolute Gasteiger partial charge is 0.593 e. The molecule has 0 amide bonds. The van der Waals surface area contributed by atoms with Crippen LogP contribution < -0.4 is 4.72 Å². The molecule has 0 spiro atoms. The minimum Gasteiger partial charge on any atom is -0.593 e. The molecular weight excluding hydrogens is 194 g/mol. The summed E-state index contributed by atoms with van der Waals surface area (Å²) in [5.41, 5.74) is 1.28. The van der Waals surface area contributed by atoms with Crippen LogP contribution in [0.2, 0.25) is 0 Å². The van der Waals surface area contributed by atoms with Crippen LogP contribution in [0.4, 0.5) is 0 Å². The maximum Gasteiger partial charge on any atom is 0.173 e. The van der Waals surface area contributed by atoms with Gasteiger partial charge in [0, 0.05) is 6.54 Å². The van der Waals surface area contributed by atoms with Gasteiger partial charge in [-0.25, -0.2) is 0 Å². The summed E-state index contributed by atoms with van der Waals surface area (Å²) in [5, 5.41) is 0. The van der Waals surface area contributed by atoms with Crippen LogP contribution >= 0.6 is 0 Å². The van der Waals surface area contributed by atoms with E-state index in [0.29, 0.717) is 0 Å². The lowest BCUT2D eigenvalue weighted by Crippen LogP contribution is -2.24. The molecule has 0 fully saturated rings. The molecule has 1 unspecified atom stereocenters. The maximum atomic E-state index is 11.6.